The van der Waals surface area contributed by atoms with E-state index < -0.39 is 0 Å². The highest BCUT2D eigenvalue weighted by atomic mass is 16.5. The van der Waals surface area contributed by atoms with Crippen molar-refractivity contribution in [3.8, 4) is 5.75 Å². The lowest BCUT2D eigenvalue weighted by molar-refractivity contribution is 0.0642. The smallest absolute Gasteiger partial charge is 0.261 e. The molecule has 1 N–H and O–H groups in total. The average Bonchev–Trinajstić information content (AvgIpc) is 2.99. The molecule has 3 aromatic carbocycles. The number of nitrogens with one attached hydrogen (secondary N) is 1. The number of fused-ring (bicyclic) bond motifs is 1. The number of methoxy groups -OCH3 is 1. The van der Waals surface area contributed by atoms with Crippen LogP contribution in [0.25, 0.3) is 0 Å². The summed E-state index contributed by atoms with van der Waals surface area (Å²) in [7, 11) is 1.56. The number of ether oxygens (including phenoxy) is 1. The zero-order valence-electron chi connectivity index (χ0n) is 15.7. The fourth-order valence-electron chi connectivity index (χ4n) is 3.26. The van der Waals surface area contributed by atoms with Crippen LogP contribution >= 0.6 is 0 Å². The topological polar surface area (TPSA) is 75.7 Å². The summed E-state index contributed by atoms with van der Waals surface area (Å²) in [6, 6.07) is 20.7. The maximum atomic E-state index is 12.8. The van der Waals surface area contributed by atoms with Crippen molar-refractivity contribution < 1.29 is 19.1 Å². The van der Waals surface area contributed by atoms with E-state index in [0.717, 1.165) is 5.56 Å². The van der Waals surface area contributed by atoms with Crippen molar-refractivity contribution in [2.75, 3.05) is 12.4 Å². The maximum Gasteiger partial charge on any atom is 0.261 e. The number of carbonyl (C=O) groups excluding carboxylic acids is 3. The van der Waals surface area contributed by atoms with Gasteiger partial charge in [-0.05, 0) is 48.0 Å². The van der Waals surface area contributed by atoms with Crippen molar-refractivity contribution in [3.63, 3.8) is 0 Å². The molecule has 3 amide bonds. The first kappa shape index (κ1) is 18.4. The minimum Gasteiger partial charge on any atom is -0.497 e. The predicted octanol–water partition coefficient (Wildman–Crippen LogP) is 3.74. The van der Waals surface area contributed by atoms with E-state index in [1.165, 1.54) is 4.90 Å². The number of carbonyl (C=O) groups is 3. The van der Waals surface area contributed by atoms with Gasteiger partial charge in [-0.1, -0.05) is 30.3 Å². The SMILES string of the molecule is COc1cccc(CN2C(=O)c3ccc(NC(=O)c4ccccc4)cc3C2=O)c1. The first-order valence-corrected chi connectivity index (χ1v) is 9.06. The van der Waals surface area contributed by atoms with Crippen LogP contribution in [0, 0.1) is 0 Å². The van der Waals surface area contributed by atoms with Crippen molar-refractivity contribution in [1.82, 2.24) is 4.90 Å². The van der Waals surface area contributed by atoms with Gasteiger partial charge in [0.2, 0.25) is 0 Å². The highest BCUT2D eigenvalue weighted by molar-refractivity contribution is 6.22. The molecule has 0 fully saturated rings. The van der Waals surface area contributed by atoms with Gasteiger partial charge in [0.05, 0.1) is 24.8 Å². The number of rotatable bonds is 5. The van der Waals surface area contributed by atoms with Crippen LogP contribution in [0.1, 0.15) is 36.6 Å². The fraction of sp³-hybridized carbons (Fsp3) is 0.0870. The molecular weight excluding hydrogens is 368 g/mol. The minimum absolute atomic E-state index is 0.148. The lowest BCUT2D eigenvalue weighted by Crippen LogP contribution is -2.29. The van der Waals surface area contributed by atoms with Crippen LogP contribution in [0.15, 0.2) is 72.8 Å². The molecule has 6 nitrogen and oxygen atoms in total. The van der Waals surface area contributed by atoms with Crippen LogP contribution in [-0.4, -0.2) is 29.7 Å². The van der Waals surface area contributed by atoms with Gasteiger partial charge < -0.3 is 10.1 Å². The summed E-state index contributed by atoms with van der Waals surface area (Å²) in [5, 5.41) is 2.77. The molecular formula is C23H18N2O4. The molecule has 29 heavy (non-hydrogen) atoms. The fourth-order valence-corrected chi connectivity index (χ4v) is 3.26. The number of imide groups is 1. The quantitative estimate of drug-likeness (QED) is 0.678. The zero-order valence-corrected chi connectivity index (χ0v) is 15.7. The molecule has 3 aromatic rings. The van der Waals surface area contributed by atoms with E-state index in [0.29, 0.717) is 22.6 Å². The third kappa shape index (κ3) is 3.60. The molecule has 1 aliphatic heterocycles. The molecule has 1 aliphatic rings. The van der Waals surface area contributed by atoms with Crippen molar-refractivity contribution in [2.24, 2.45) is 0 Å². The van der Waals surface area contributed by atoms with Crippen molar-refractivity contribution in [3.05, 3.63) is 95.1 Å². The number of anilines is 1. The lowest BCUT2D eigenvalue weighted by atomic mass is 10.1. The van der Waals surface area contributed by atoms with Gasteiger partial charge in [-0.2, -0.15) is 0 Å². The van der Waals surface area contributed by atoms with Crippen molar-refractivity contribution in [2.45, 2.75) is 6.54 Å². The Balaban J connectivity index is 1.55. The Morgan fingerprint density at radius 3 is 2.41 bits per heavy atom. The van der Waals surface area contributed by atoms with Crippen LogP contribution in [0.3, 0.4) is 0 Å². The standard InChI is InChI=1S/C23H18N2O4/c1-29-18-9-5-6-15(12-18)14-25-22(27)19-11-10-17(13-20(19)23(25)28)24-21(26)16-7-3-2-4-8-16/h2-13H,14H2,1H3,(H,24,26). The van der Waals surface area contributed by atoms with Crippen molar-refractivity contribution >= 4 is 23.4 Å². The number of hydrogen-bond donors (Lipinski definition) is 1. The zero-order chi connectivity index (χ0) is 20.4. The van der Waals surface area contributed by atoms with Crippen LogP contribution in [0.5, 0.6) is 5.75 Å². The second-order valence-electron chi connectivity index (χ2n) is 6.63. The van der Waals surface area contributed by atoms with Gasteiger partial charge in [-0.15, -0.1) is 0 Å². The molecule has 6 heteroatoms. The molecule has 4 rings (SSSR count). The summed E-state index contributed by atoms with van der Waals surface area (Å²) in [4.78, 5) is 39.1. The first-order valence-electron chi connectivity index (χ1n) is 9.06. The van der Waals surface area contributed by atoms with Gasteiger partial charge in [0, 0.05) is 11.3 Å². The number of hydrogen-bond acceptors (Lipinski definition) is 4. The predicted molar refractivity (Wildman–Crippen MR) is 108 cm³/mol. The van der Waals surface area contributed by atoms with Gasteiger partial charge in [0.1, 0.15) is 5.75 Å². The minimum atomic E-state index is -0.386. The summed E-state index contributed by atoms with van der Waals surface area (Å²) in [6.45, 7) is 0.148. The lowest BCUT2D eigenvalue weighted by Gasteiger charge is -2.14. The van der Waals surface area contributed by atoms with E-state index in [-0.39, 0.29) is 29.8 Å². The Bertz CT molecular complexity index is 1110. The van der Waals surface area contributed by atoms with Gasteiger partial charge in [-0.25, -0.2) is 0 Å². The Hall–Kier alpha value is -3.93. The molecule has 0 saturated heterocycles. The molecule has 0 aliphatic carbocycles. The number of amides is 3. The van der Waals surface area contributed by atoms with E-state index in [1.807, 2.05) is 18.2 Å². The number of benzene rings is 3. The Labute approximate surface area is 167 Å². The summed E-state index contributed by atoms with van der Waals surface area (Å²) >= 11 is 0. The van der Waals surface area contributed by atoms with Gasteiger partial charge in [0.25, 0.3) is 17.7 Å². The third-order valence-electron chi connectivity index (χ3n) is 4.74. The summed E-state index contributed by atoms with van der Waals surface area (Å²) in [5.41, 5.74) is 2.37. The van der Waals surface area contributed by atoms with Gasteiger partial charge in [-0.3, -0.25) is 19.3 Å². The molecule has 0 bridgehead atoms. The Morgan fingerprint density at radius 1 is 0.897 bits per heavy atom. The van der Waals surface area contributed by atoms with E-state index in [9.17, 15) is 14.4 Å². The molecule has 0 unspecified atom stereocenters. The maximum absolute atomic E-state index is 12.8. The second kappa shape index (κ2) is 7.59. The van der Waals surface area contributed by atoms with Crippen LogP contribution in [-0.2, 0) is 6.54 Å². The van der Waals surface area contributed by atoms with Crippen LogP contribution < -0.4 is 10.1 Å². The molecule has 0 radical (unpaired) electrons. The van der Waals surface area contributed by atoms with Crippen LogP contribution in [0.4, 0.5) is 5.69 Å². The molecule has 1 heterocycles. The Kier molecular flexibility index (Phi) is 4.83. The van der Waals surface area contributed by atoms with Gasteiger partial charge in [0.15, 0.2) is 0 Å². The molecule has 0 saturated carbocycles. The van der Waals surface area contributed by atoms with E-state index in [1.54, 1.807) is 61.7 Å². The van der Waals surface area contributed by atoms with Crippen LogP contribution in [0.2, 0.25) is 0 Å². The Morgan fingerprint density at radius 2 is 1.66 bits per heavy atom. The average molecular weight is 386 g/mol. The van der Waals surface area contributed by atoms with E-state index in [4.69, 9.17) is 4.74 Å². The first-order chi connectivity index (χ1) is 14.1. The molecule has 0 atom stereocenters. The highest BCUT2D eigenvalue weighted by Crippen LogP contribution is 2.28. The third-order valence-corrected chi connectivity index (χ3v) is 4.74. The van der Waals surface area contributed by atoms with Crippen molar-refractivity contribution in [1.29, 1.82) is 0 Å². The summed E-state index contributed by atoms with van der Waals surface area (Å²) < 4.78 is 5.20. The molecule has 0 aromatic heterocycles. The second-order valence-corrected chi connectivity index (χ2v) is 6.63. The number of nitrogens with zero attached hydrogens (tertiary/aromatic N) is 1. The summed E-state index contributed by atoms with van der Waals surface area (Å²) in [6.07, 6.45) is 0. The van der Waals surface area contributed by atoms with E-state index in [2.05, 4.69) is 5.32 Å². The monoisotopic (exact) mass is 386 g/mol. The van der Waals surface area contributed by atoms with E-state index >= 15 is 0 Å². The molecule has 0 spiro atoms. The normalized spacial score (nSPS) is 12.7. The summed E-state index contributed by atoms with van der Waals surface area (Å²) in [5.74, 6) is -0.363. The largest absolute Gasteiger partial charge is 0.497 e. The van der Waals surface area contributed by atoms with Gasteiger partial charge >= 0.3 is 0 Å². The molecule has 144 valence electrons. The highest BCUT2D eigenvalue weighted by Gasteiger charge is 2.35.